The van der Waals surface area contributed by atoms with Gasteiger partial charge in [0.25, 0.3) is 5.91 Å². The summed E-state index contributed by atoms with van der Waals surface area (Å²) in [6, 6.07) is 4.66. The summed E-state index contributed by atoms with van der Waals surface area (Å²) in [5.41, 5.74) is 0.715. The number of carbonyl (C=O) groups is 1. The van der Waals surface area contributed by atoms with Crippen molar-refractivity contribution in [3.63, 3.8) is 0 Å². The maximum atomic E-state index is 12.9. The minimum Gasteiger partial charge on any atom is -0.357 e. The molecule has 0 bridgehead atoms. The lowest BCUT2D eigenvalue weighted by molar-refractivity contribution is 0.0754. The van der Waals surface area contributed by atoms with Gasteiger partial charge in [-0.3, -0.25) is 9.69 Å². The first-order valence-corrected chi connectivity index (χ1v) is 10.5. The third-order valence-electron chi connectivity index (χ3n) is 5.99. The minimum absolute atomic E-state index is 0.133. The first-order chi connectivity index (χ1) is 12.7. The van der Waals surface area contributed by atoms with Gasteiger partial charge in [-0.2, -0.15) is 0 Å². The molecule has 2 fully saturated rings. The Morgan fingerprint density at radius 2 is 1.81 bits per heavy atom. The van der Waals surface area contributed by atoms with E-state index in [0.29, 0.717) is 5.56 Å². The summed E-state index contributed by atoms with van der Waals surface area (Å²) in [6.45, 7) is 9.96. The number of anilines is 1. The molecule has 1 aliphatic carbocycles. The van der Waals surface area contributed by atoms with E-state index in [1.165, 1.54) is 32.1 Å². The molecule has 0 atom stereocenters. The summed E-state index contributed by atoms with van der Waals surface area (Å²) in [4.78, 5) is 24.3. The standard InChI is InChI=1S/C21H34N4O/c1-3-23(4-2)20-12-11-18(17-22-20)21(26)25-14-8-13-24(15-16-25)19-9-6-5-7-10-19/h11-12,17,19H,3-10,13-16H2,1-2H3. The van der Waals surface area contributed by atoms with Crippen LogP contribution in [0.15, 0.2) is 18.3 Å². The second kappa shape index (κ2) is 9.36. The molecular weight excluding hydrogens is 324 g/mol. The van der Waals surface area contributed by atoms with Crippen LogP contribution in [0.25, 0.3) is 0 Å². The maximum Gasteiger partial charge on any atom is 0.255 e. The quantitative estimate of drug-likeness (QED) is 0.809. The average Bonchev–Trinajstić information content (AvgIpc) is 2.96. The lowest BCUT2D eigenvalue weighted by Gasteiger charge is -2.33. The number of nitrogens with zero attached hydrogens (tertiary/aromatic N) is 4. The number of aromatic nitrogens is 1. The van der Waals surface area contributed by atoms with Gasteiger partial charge in [-0.15, -0.1) is 0 Å². The van der Waals surface area contributed by atoms with Crippen molar-refractivity contribution in [2.75, 3.05) is 44.2 Å². The lowest BCUT2D eigenvalue weighted by Crippen LogP contribution is -2.40. The Bertz CT molecular complexity index is 564. The highest BCUT2D eigenvalue weighted by molar-refractivity contribution is 5.94. The fourth-order valence-corrected chi connectivity index (χ4v) is 4.38. The van der Waals surface area contributed by atoms with E-state index >= 15 is 0 Å². The Morgan fingerprint density at radius 3 is 2.46 bits per heavy atom. The van der Waals surface area contributed by atoms with Gasteiger partial charge in [0, 0.05) is 51.5 Å². The topological polar surface area (TPSA) is 39.7 Å². The highest BCUT2D eigenvalue weighted by atomic mass is 16.2. The third-order valence-corrected chi connectivity index (χ3v) is 5.99. The van der Waals surface area contributed by atoms with Gasteiger partial charge in [-0.05, 0) is 45.2 Å². The van der Waals surface area contributed by atoms with Gasteiger partial charge < -0.3 is 9.80 Å². The van der Waals surface area contributed by atoms with Gasteiger partial charge >= 0.3 is 0 Å². The van der Waals surface area contributed by atoms with Crippen LogP contribution >= 0.6 is 0 Å². The van der Waals surface area contributed by atoms with Crippen LogP contribution in [0.2, 0.25) is 0 Å². The van der Waals surface area contributed by atoms with Crippen LogP contribution in [0.4, 0.5) is 5.82 Å². The van der Waals surface area contributed by atoms with Gasteiger partial charge in [0.15, 0.2) is 0 Å². The van der Waals surface area contributed by atoms with E-state index < -0.39 is 0 Å². The summed E-state index contributed by atoms with van der Waals surface area (Å²) in [7, 11) is 0. The maximum absolute atomic E-state index is 12.9. The fraction of sp³-hybridized carbons (Fsp3) is 0.714. The molecule has 0 aromatic carbocycles. The molecule has 1 aromatic heterocycles. The Labute approximate surface area is 158 Å². The van der Waals surface area contributed by atoms with E-state index in [1.54, 1.807) is 6.20 Å². The molecule has 5 heteroatoms. The predicted octanol–water partition coefficient (Wildman–Crippen LogP) is 3.41. The Hall–Kier alpha value is -1.62. The van der Waals surface area contributed by atoms with Gasteiger partial charge in [0.2, 0.25) is 0 Å². The first kappa shape index (κ1) is 19.2. The van der Waals surface area contributed by atoms with Crippen molar-refractivity contribution >= 4 is 11.7 Å². The molecule has 1 amide bonds. The largest absolute Gasteiger partial charge is 0.357 e. The molecule has 5 nitrogen and oxygen atoms in total. The third kappa shape index (κ3) is 4.56. The van der Waals surface area contributed by atoms with Crippen molar-refractivity contribution in [3.05, 3.63) is 23.9 Å². The predicted molar refractivity (Wildman–Crippen MR) is 107 cm³/mol. The average molecular weight is 359 g/mol. The molecule has 1 saturated carbocycles. The van der Waals surface area contributed by atoms with Crippen LogP contribution in [0.3, 0.4) is 0 Å². The number of hydrogen-bond acceptors (Lipinski definition) is 4. The lowest BCUT2D eigenvalue weighted by atomic mass is 9.94. The normalized spacial score (nSPS) is 20.0. The fourth-order valence-electron chi connectivity index (χ4n) is 4.38. The van der Waals surface area contributed by atoms with Crippen molar-refractivity contribution in [2.45, 2.75) is 58.4 Å². The van der Waals surface area contributed by atoms with Gasteiger partial charge in [0.1, 0.15) is 5.82 Å². The molecule has 0 unspecified atom stereocenters. The summed E-state index contributed by atoms with van der Waals surface area (Å²) >= 11 is 0. The highest BCUT2D eigenvalue weighted by Gasteiger charge is 2.25. The Balaban J connectivity index is 1.59. The smallest absolute Gasteiger partial charge is 0.255 e. The minimum atomic E-state index is 0.133. The van der Waals surface area contributed by atoms with Gasteiger partial charge in [-0.1, -0.05) is 19.3 Å². The van der Waals surface area contributed by atoms with Gasteiger partial charge in [-0.25, -0.2) is 4.98 Å². The number of amides is 1. The second-order valence-electron chi connectivity index (χ2n) is 7.55. The number of rotatable bonds is 5. The van der Waals surface area contributed by atoms with Crippen LogP contribution in [-0.4, -0.2) is 66.0 Å². The number of hydrogen-bond donors (Lipinski definition) is 0. The van der Waals surface area contributed by atoms with E-state index in [9.17, 15) is 4.79 Å². The molecule has 1 aromatic rings. The zero-order valence-corrected chi connectivity index (χ0v) is 16.5. The molecule has 26 heavy (non-hydrogen) atoms. The first-order valence-electron chi connectivity index (χ1n) is 10.5. The monoisotopic (exact) mass is 358 g/mol. The van der Waals surface area contributed by atoms with E-state index in [0.717, 1.165) is 57.5 Å². The molecule has 0 N–H and O–H groups in total. The van der Waals surface area contributed by atoms with Crippen molar-refractivity contribution in [1.29, 1.82) is 0 Å². The van der Waals surface area contributed by atoms with Crippen molar-refractivity contribution in [1.82, 2.24) is 14.8 Å². The van der Waals surface area contributed by atoms with E-state index in [4.69, 9.17) is 0 Å². The molecule has 0 spiro atoms. The van der Waals surface area contributed by atoms with Crippen LogP contribution in [0.1, 0.15) is 62.7 Å². The van der Waals surface area contributed by atoms with Crippen molar-refractivity contribution < 1.29 is 4.79 Å². The van der Waals surface area contributed by atoms with E-state index in [-0.39, 0.29) is 5.91 Å². The molecule has 1 aliphatic heterocycles. The van der Waals surface area contributed by atoms with Crippen LogP contribution in [-0.2, 0) is 0 Å². The molecule has 3 rings (SSSR count). The number of carbonyl (C=O) groups excluding carboxylic acids is 1. The molecule has 2 heterocycles. The SMILES string of the molecule is CCN(CC)c1ccc(C(=O)N2CCCN(C3CCCCC3)CC2)cn1. The molecule has 1 saturated heterocycles. The van der Waals surface area contributed by atoms with Crippen molar-refractivity contribution in [2.24, 2.45) is 0 Å². The van der Waals surface area contributed by atoms with Crippen LogP contribution < -0.4 is 4.90 Å². The Morgan fingerprint density at radius 1 is 1.04 bits per heavy atom. The molecule has 2 aliphatic rings. The zero-order chi connectivity index (χ0) is 18.4. The Kier molecular flexibility index (Phi) is 6.89. The summed E-state index contributed by atoms with van der Waals surface area (Å²) in [5.74, 6) is 1.08. The van der Waals surface area contributed by atoms with Gasteiger partial charge in [0.05, 0.1) is 5.56 Å². The van der Waals surface area contributed by atoms with E-state index in [2.05, 4.69) is 28.6 Å². The second-order valence-corrected chi connectivity index (χ2v) is 7.55. The highest BCUT2D eigenvalue weighted by Crippen LogP contribution is 2.24. The number of pyridine rings is 1. The molecular formula is C21H34N4O. The van der Waals surface area contributed by atoms with Crippen molar-refractivity contribution in [3.8, 4) is 0 Å². The molecule has 0 radical (unpaired) electrons. The van der Waals surface area contributed by atoms with E-state index in [1.807, 2.05) is 17.0 Å². The van der Waals surface area contributed by atoms with Crippen LogP contribution in [0.5, 0.6) is 0 Å². The van der Waals surface area contributed by atoms with Crippen LogP contribution in [0, 0.1) is 0 Å². The summed E-state index contributed by atoms with van der Waals surface area (Å²) in [5, 5.41) is 0. The molecule has 144 valence electrons. The zero-order valence-electron chi connectivity index (χ0n) is 16.5. The summed E-state index contributed by atoms with van der Waals surface area (Å²) in [6.07, 6.45) is 9.64. The summed E-state index contributed by atoms with van der Waals surface area (Å²) < 4.78 is 0.